The Kier molecular flexibility index (Phi) is 4.89. The number of carbonyl (C=O) groups is 2. The summed E-state index contributed by atoms with van der Waals surface area (Å²) in [5.41, 5.74) is 5.46. The summed E-state index contributed by atoms with van der Waals surface area (Å²) in [4.78, 5) is 30.3. The molecule has 0 bridgehead atoms. The Balaban J connectivity index is 1.73. The van der Waals surface area contributed by atoms with Crippen LogP contribution in [0, 0.1) is 19.7 Å². The van der Waals surface area contributed by atoms with Crippen molar-refractivity contribution < 1.29 is 14.0 Å². The highest BCUT2D eigenvalue weighted by Crippen LogP contribution is 2.40. The summed E-state index contributed by atoms with van der Waals surface area (Å²) in [6, 6.07) is 19.6. The van der Waals surface area contributed by atoms with Crippen molar-refractivity contribution in [1.29, 1.82) is 0 Å². The minimum Gasteiger partial charge on any atom is -0.336 e. The van der Waals surface area contributed by atoms with Crippen molar-refractivity contribution in [3.05, 3.63) is 100 Å². The quantitative estimate of drug-likeness (QED) is 0.542. The minimum absolute atomic E-state index is 0.0240. The van der Waals surface area contributed by atoms with Crippen LogP contribution in [-0.4, -0.2) is 18.4 Å². The van der Waals surface area contributed by atoms with Crippen molar-refractivity contribution in [2.45, 2.75) is 26.7 Å². The van der Waals surface area contributed by atoms with Crippen molar-refractivity contribution in [2.75, 3.05) is 16.3 Å². The van der Waals surface area contributed by atoms with Crippen LogP contribution in [0.25, 0.3) is 5.57 Å². The Bertz CT molecular complexity index is 1290. The summed E-state index contributed by atoms with van der Waals surface area (Å²) < 4.78 is 14.7. The summed E-state index contributed by atoms with van der Waals surface area (Å²) in [6.07, 6.45) is 1.78. The fourth-order valence-electron chi connectivity index (χ4n) is 4.54. The van der Waals surface area contributed by atoms with E-state index in [9.17, 15) is 14.0 Å². The highest BCUT2D eigenvalue weighted by atomic mass is 19.1. The molecule has 2 amide bonds. The Labute approximate surface area is 186 Å². The van der Waals surface area contributed by atoms with Crippen LogP contribution in [0.2, 0.25) is 0 Å². The van der Waals surface area contributed by atoms with Gasteiger partial charge in [0.15, 0.2) is 0 Å². The van der Waals surface area contributed by atoms with Crippen molar-refractivity contribution in [3.8, 4) is 0 Å². The Hall–Kier alpha value is -3.73. The van der Waals surface area contributed by atoms with Gasteiger partial charge >= 0.3 is 0 Å². The first-order valence-electron chi connectivity index (χ1n) is 10.8. The number of imide groups is 1. The fourth-order valence-corrected chi connectivity index (χ4v) is 4.54. The zero-order valence-electron chi connectivity index (χ0n) is 18.1. The number of benzene rings is 3. The number of aryl methyl sites for hydroxylation is 3. The van der Waals surface area contributed by atoms with Crippen LogP contribution in [0.4, 0.5) is 15.8 Å². The van der Waals surface area contributed by atoms with Gasteiger partial charge in [-0.3, -0.25) is 9.59 Å². The second-order valence-corrected chi connectivity index (χ2v) is 8.30. The van der Waals surface area contributed by atoms with Crippen LogP contribution in [0.1, 0.15) is 28.7 Å². The van der Waals surface area contributed by atoms with E-state index >= 15 is 0 Å². The van der Waals surface area contributed by atoms with Gasteiger partial charge in [0.2, 0.25) is 0 Å². The van der Waals surface area contributed by atoms with Crippen molar-refractivity contribution in [3.63, 3.8) is 0 Å². The molecule has 0 radical (unpaired) electrons. The Morgan fingerprint density at radius 1 is 0.812 bits per heavy atom. The highest BCUT2D eigenvalue weighted by Gasteiger charge is 2.44. The van der Waals surface area contributed by atoms with Gasteiger partial charge in [-0.25, -0.2) is 9.29 Å². The molecule has 3 aromatic carbocycles. The Morgan fingerprint density at radius 3 is 2.28 bits per heavy atom. The first-order chi connectivity index (χ1) is 15.5. The molecule has 0 aromatic heterocycles. The van der Waals surface area contributed by atoms with Crippen LogP contribution in [0.15, 0.2) is 72.4 Å². The van der Waals surface area contributed by atoms with Gasteiger partial charge in [0.05, 0.1) is 11.3 Å². The first-order valence-corrected chi connectivity index (χ1v) is 10.8. The Morgan fingerprint density at radius 2 is 1.53 bits per heavy atom. The molecule has 0 N–H and O–H groups in total. The molecule has 0 atom stereocenters. The second-order valence-electron chi connectivity index (χ2n) is 8.30. The van der Waals surface area contributed by atoms with E-state index in [4.69, 9.17) is 0 Å². The van der Waals surface area contributed by atoms with Gasteiger partial charge in [0.25, 0.3) is 11.8 Å². The minimum atomic E-state index is -0.603. The van der Waals surface area contributed by atoms with Gasteiger partial charge in [-0.05, 0) is 67.1 Å². The SMILES string of the molecule is Cc1ccc(C2=C(N3CCCc4ccccc43)C(=O)N(c3ccccc3F)C2=O)cc1C. The third kappa shape index (κ3) is 3.12. The van der Waals surface area contributed by atoms with E-state index in [1.54, 1.807) is 12.1 Å². The third-order valence-electron chi connectivity index (χ3n) is 6.33. The van der Waals surface area contributed by atoms with E-state index in [2.05, 4.69) is 0 Å². The monoisotopic (exact) mass is 426 g/mol. The number of anilines is 2. The molecule has 0 saturated heterocycles. The molecule has 2 aliphatic heterocycles. The molecule has 32 heavy (non-hydrogen) atoms. The zero-order chi connectivity index (χ0) is 22.4. The van der Waals surface area contributed by atoms with E-state index in [0.29, 0.717) is 23.4 Å². The van der Waals surface area contributed by atoms with E-state index in [1.165, 1.54) is 12.1 Å². The van der Waals surface area contributed by atoms with E-state index in [0.717, 1.165) is 40.1 Å². The number of fused-ring (bicyclic) bond motifs is 1. The number of rotatable bonds is 3. The molecular formula is C27H23FN2O2. The molecule has 2 aliphatic rings. The van der Waals surface area contributed by atoms with Crippen molar-refractivity contribution in [1.82, 2.24) is 0 Å². The lowest BCUT2D eigenvalue weighted by molar-refractivity contribution is -0.120. The number of amides is 2. The van der Waals surface area contributed by atoms with Crippen LogP contribution in [0.5, 0.6) is 0 Å². The number of para-hydroxylation sites is 2. The van der Waals surface area contributed by atoms with Gasteiger partial charge in [-0.2, -0.15) is 0 Å². The highest BCUT2D eigenvalue weighted by molar-refractivity contribution is 6.46. The predicted molar refractivity (Wildman–Crippen MR) is 124 cm³/mol. The molecule has 160 valence electrons. The molecule has 0 fully saturated rings. The van der Waals surface area contributed by atoms with Gasteiger partial charge in [0, 0.05) is 12.2 Å². The standard InChI is InChI=1S/C27H23FN2O2/c1-17-13-14-20(16-18(17)2)24-25(29-15-7-9-19-8-3-5-11-22(19)29)27(32)30(26(24)31)23-12-6-4-10-21(23)28/h3-6,8,10-14,16H,7,9,15H2,1-2H3. The lowest BCUT2D eigenvalue weighted by atomic mass is 9.97. The van der Waals surface area contributed by atoms with Crippen LogP contribution >= 0.6 is 0 Å². The summed E-state index contributed by atoms with van der Waals surface area (Å²) >= 11 is 0. The lowest BCUT2D eigenvalue weighted by Crippen LogP contribution is -2.37. The van der Waals surface area contributed by atoms with Crippen LogP contribution in [0.3, 0.4) is 0 Å². The number of halogens is 1. The van der Waals surface area contributed by atoms with Gasteiger partial charge in [-0.15, -0.1) is 0 Å². The van der Waals surface area contributed by atoms with Crippen LogP contribution in [-0.2, 0) is 16.0 Å². The van der Waals surface area contributed by atoms with Gasteiger partial charge < -0.3 is 4.90 Å². The molecular weight excluding hydrogens is 403 g/mol. The molecule has 5 heteroatoms. The van der Waals surface area contributed by atoms with Crippen molar-refractivity contribution >= 4 is 28.8 Å². The second kappa shape index (κ2) is 7.75. The first kappa shape index (κ1) is 20.2. The van der Waals surface area contributed by atoms with Crippen LogP contribution < -0.4 is 9.80 Å². The lowest BCUT2D eigenvalue weighted by Gasteiger charge is -2.32. The number of carbonyl (C=O) groups excluding carboxylic acids is 2. The van der Waals surface area contributed by atoms with Crippen molar-refractivity contribution in [2.24, 2.45) is 0 Å². The summed E-state index contributed by atoms with van der Waals surface area (Å²) in [5.74, 6) is -1.60. The molecule has 0 saturated carbocycles. The number of hydrogen-bond donors (Lipinski definition) is 0. The maximum Gasteiger partial charge on any atom is 0.282 e. The number of nitrogens with zero attached hydrogens (tertiary/aromatic N) is 2. The molecule has 5 rings (SSSR count). The molecule has 0 unspecified atom stereocenters. The van der Waals surface area contributed by atoms with E-state index < -0.39 is 17.6 Å². The predicted octanol–water partition coefficient (Wildman–Crippen LogP) is 5.18. The molecule has 2 heterocycles. The number of hydrogen-bond acceptors (Lipinski definition) is 3. The molecule has 0 spiro atoms. The maximum atomic E-state index is 14.7. The summed E-state index contributed by atoms with van der Waals surface area (Å²) in [5, 5.41) is 0. The largest absolute Gasteiger partial charge is 0.336 e. The average molecular weight is 426 g/mol. The van der Waals surface area contributed by atoms with E-state index in [1.807, 2.05) is 61.2 Å². The molecule has 3 aromatic rings. The molecule has 0 aliphatic carbocycles. The molecule has 4 nitrogen and oxygen atoms in total. The van der Waals surface area contributed by atoms with E-state index in [-0.39, 0.29) is 5.69 Å². The zero-order valence-corrected chi connectivity index (χ0v) is 18.1. The fraction of sp³-hybridized carbons (Fsp3) is 0.185. The normalized spacial score (nSPS) is 16.1. The average Bonchev–Trinajstić information content (AvgIpc) is 3.05. The maximum absolute atomic E-state index is 14.7. The van der Waals surface area contributed by atoms with Gasteiger partial charge in [-0.1, -0.05) is 48.5 Å². The van der Waals surface area contributed by atoms with Gasteiger partial charge in [0.1, 0.15) is 11.5 Å². The summed E-state index contributed by atoms with van der Waals surface area (Å²) in [6.45, 7) is 4.60. The third-order valence-corrected chi connectivity index (χ3v) is 6.33. The topological polar surface area (TPSA) is 40.6 Å². The summed E-state index contributed by atoms with van der Waals surface area (Å²) in [7, 11) is 0. The smallest absolute Gasteiger partial charge is 0.282 e.